The summed E-state index contributed by atoms with van der Waals surface area (Å²) < 4.78 is 23.6. The molecule has 1 fully saturated rings. The van der Waals surface area contributed by atoms with Crippen LogP contribution in [-0.4, -0.2) is 38.0 Å². The lowest BCUT2D eigenvalue weighted by atomic mass is 9.95. The maximum Gasteiger partial charge on any atom is 0.163 e. The second-order valence-electron chi connectivity index (χ2n) is 7.11. The summed E-state index contributed by atoms with van der Waals surface area (Å²) >= 11 is 0. The number of benzene rings is 2. The van der Waals surface area contributed by atoms with E-state index in [1.165, 1.54) is 0 Å². The second-order valence-corrected chi connectivity index (χ2v) is 7.11. The lowest BCUT2D eigenvalue weighted by Crippen LogP contribution is -2.34. The fraction of sp³-hybridized carbons (Fsp3) is 0.435. The van der Waals surface area contributed by atoms with Crippen molar-refractivity contribution in [3.63, 3.8) is 0 Å². The van der Waals surface area contributed by atoms with Gasteiger partial charge in [-0.3, -0.25) is 0 Å². The van der Waals surface area contributed by atoms with Crippen molar-refractivity contribution >= 4 is 5.78 Å². The average molecular weight is 384 g/mol. The second kappa shape index (κ2) is 10.5. The molecule has 3 rings (SSSR count). The number of Topliss-reactive ketones (excluding diaryl/α,β-unsaturated/α-hetero) is 1. The van der Waals surface area contributed by atoms with Gasteiger partial charge in [-0.05, 0) is 18.1 Å². The number of carbonyl (C=O) groups excluding carboxylic acids is 1. The molecule has 2 aromatic rings. The molecule has 0 aliphatic carbocycles. The molecule has 0 N–H and O–H groups in total. The van der Waals surface area contributed by atoms with Crippen LogP contribution < -0.4 is 0 Å². The van der Waals surface area contributed by atoms with Crippen molar-refractivity contribution in [3.05, 3.63) is 71.8 Å². The summed E-state index contributed by atoms with van der Waals surface area (Å²) in [6.07, 6.45) is -0.686. The minimum atomic E-state index is -0.477. The van der Waals surface area contributed by atoms with Crippen LogP contribution in [0.25, 0.3) is 0 Å². The van der Waals surface area contributed by atoms with Gasteiger partial charge in [-0.2, -0.15) is 0 Å². The first-order valence-corrected chi connectivity index (χ1v) is 9.62. The predicted octanol–water partition coefficient (Wildman–Crippen LogP) is 3.76. The number of carbonyl (C=O) groups is 1. The number of hydrogen-bond acceptors (Lipinski definition) is 5. The highest BCUT2D eigenvalue weighted by molar-refractivity contribution is 5.75. The number of rotatable bonds is 10. The van der Waals surface area contributed by atoms with Gasteiger partial charge in [0, 0.05) is 19.4 Å². The van der Waals surface area contributed by atoms with Crippen LogP contribution in [0.5, 0.6) is 0 Å². The van der Waals surface area contributed by atoms with Gasteiger partial charge < -0.3 is 23.7 Å². The van der Waals surface area contributed by atoms with Crippen LogP contribution in [0.1, 0.15) is 24.5 Å². The number of ether oxygens (including phenoxy) is 4. The molecular formula is C23H28O5. The molecule has 5 heteroatoms. The van der Waals surface area contributed by atoms with Crippen LogP contribution >= 0.6 is 0 Å². The zero-order valence-corrected chi connectivity index (χ0v) is 16.5. The maximum absolute atomic E-state index is 11.8. The molecule has 1 aliphatic heterocycles. The predicted molar refractivity (Wildman–Crippen MR) is 106 cm³/mol. The fourth-order valence-electron chi connectivity index (χ4n) is 3.55. The van der Waals surface area contributed by atoms with Crippen LogP contribution in [0.3, 0.4) is 0 Å². The zero-order valence-electron chi connectivity index (χ0n) is 16.5. The quantitative estimate of drug-likeness (QED) is 0.624. The third-order valence-corrected chi connectivity index (χ3v) is 4.88. The van der Waals surface area contributed by atoms with Crippen molar-refractivity contribution in [1.82, 2.24) is 0 Å². The Hall–Kier alpha value is -2.05. The van der Waals surface area contributed by atoms with Crippen molar-refractivity contribution in [2.75, 3.05) is 13.7 Å². The van der Waals surface area contributed by atoms with Gasteiger partial charge in [0.2, 0.25) is 0 Å². The lowest BCUT2D eigenvalue weighted by Gasteiger charge is -2.23. The minimum absolute atomic E-state index is 0.0924. The molecule has 150 valence electrons. The van der Waals surface area contributed by atoms with Crippen LogP contribution in [0, 0.1) is 5.92 Å². The third-order valence-electron chi connectivity index (χ3n) is 4.88. The van der Waals surface area contributed by atoms with Crippen molar-refractivity contribution in [2.24, 2.45) is 5.92 Å². The Morgan fingerprint density at radius 1 is 0.964 bits per heavy atom. The van der Waals surface area contributed by atoms with Crippen LogP contribution in [-0.2, 0) is 37.0 Å². The van der Waals surface area contributed by atoms with Gasteiger partial charge in [-0.25, -0.2) is 0 Å². The standard InChI is InChI=1S/C23H28O5/c1-17(24)13-20-22(27-15-19-11-7-4-8-12-19)21(28-23(20)25-2)16-26-14-18-9-5-3-6-10-18/h3-12,20-23H,13-16H2,1-2H3/t20-,21+,22+,23-/m0/s1. The third kappa shape index (κ3) is 5.72. The van der Waals surface area contributed by atoms with Gasteiger partial charge in [0.1, 0.15) is 11.9 Å². The normalized spacial score (nSPS) is 24.4. The van der Waals surface area contributed by atoms with Gasteiger partial charge in [-0.1, -0.05) is 60.7 Å². The Bertz CT molecular complexity index is 718. The Balaban J connectivity index is 1.65. The Morgan fingerprint density at radius 3 is 2.14 bits per heavy atom. The van der Waals surface area contributed by atoms with Gasteiger partial charge in [0.15, 0.2) is 6.29 Å². The molecule has 4 atom stereocenters. The topological polar surface area (TPSA) is 54.0 Å². The largest absolute Gasteiger partial charge is 0.374 e. The minimum Gasteiger partial charge on any atom is -0.374 e. The van der Waals surface area contributed by atoms with Gasteiger partial charge in [0.05, 0.1) is 25.9 Å². The van der Waals surface area contributed by atoms with Crippen LogP contribution in [0.4, 0.5) is 0 Å². The van der Waals surface area contributed by atoms with E-state index in [2.05, 4.69) is 0 Å². The summed E-state index contributed by atoms with van der Waals surface area (Å²) in [5, 5.41) is 0. The highest BCUT2D eigenvalue weighted by atomic mass is 16.7. The fourth-order valence-corrected chi connectivity index (χ4v) is 3.55. The lowest BCUT2D eigenvalue weighted by molar-refractivity contribution is -0.148. The zero-order chi connectivity index (χ0) is 19.8. The van der Waals surface area contributed by atoms with E-state index in [4.69, 9.17) is 18.9 Å². The first-order valence-electron chi connectivity index (χ1n) is 9.62. The highest BCUT2D eigenvalue weighted by Gasteiger charge is 2.46. The van der Waals surface area contributed by atoms with E-state index in [9.17, 15) is 4.79 Å². The summed E-state index contributed by atoms with van der Waals surface area (Å²) in [6, 6.07) is 20.0. The van der Waals surface area contributed by atoms with E-state index in [0.717, 1.165) is 11.1 Å². The molecule has 0 unspecified atom stereocenters. The van der Waals surface area contributed by atoms with Crippen molar-refractivity contribution in [3.8, 4) is 0 Å². The van der Waals surface area contributed by atoms with E-state index >= 15 is 0 Å². The summed E-state index contributed by atoms with van der Waals surface area (Å²) in [5.41, 5.74) is 2.18. The van der Waals surface area contributed by atoms with E-state index < -0.39 is 6.29 Å². The molecule has 0 aromatic heterocycles. The van der Waals surface area contributed by atoms with Crippen LogP contribution in [0.2, 0.25) is 0 Å². The maximum atomic E-state index is 11.8. The van der Waals surface area contributed by atoms with Crippen molar-refractivity contribution < 1.29 is 23.7 Å². The van der Waals surface area contributed by atoms with Crippen molar-refractivity contribution in [1.29, 1.82) is 0 Å². The van der Waals surface area contributed by atoms with Gasteiger partial charge in [0.25, 0.3) is 0 Å². The summed E-state index contributed by atoms with van der Waals surface area (Å²) in [6.45, 7) is 2.92. The van der Waals surface area contributed by atoms with E-state index in [-0.39, 0.29) is 23.9 Å². The molecule has 1 heterocycles. The van der Waals surface area contributed by atoms with Gasteiger partial charge >= 0.3 is 0 Å². The number of ketones is 1. The molecule has 2 aromatic carbocycles. The highest BCUT2D eigenvalue weighted by Crippen LogP contribution is 2.33. The number of hydrogen-bond donors (Lipinski definition) is 0. The van der Waals surface area contributed by atoms with E-state index in [1.54, 1.807) is 14.0 Å². The number of methoxy groups -OCH3 is 1. The molecule has 1 aliphatic rings. The molecule has 28 heavy (non-hydrogen) atoms. The molecule has 5 nitrogen and oxygen atoms in total. The molecule has 0 amide bonds. The van der Waals surface area contributed by atoms with E-state index in [1.807, 2.05) is 60.7 Å². The summed E-state index contributed by atoms with van der Waals surface area (Å²) in [4.78, 5) is 11.8. The Labute approximate surface area is 166 Å². The van der Waals surface area contributed by atoms with E-state index in [0.29, 0.717) is 26.2 Å². The van der Waals surface area contributed by atoms with Crippen LogP contribution in [0.15, 0.2) is 60.7 Å². The van der Waals surface area contributed by atoms with Crippen molar-refractivity contribution in [2.45, 2.75) is 45.1 Å². The average Bonchev–Trinajstić information content (AvgIpc) is 3.04. The molecule has 0 radical (unpaired) electrons. The molecule has 0 spiro atoms. The molecule has 0 saturated carbocycles. The monoisotopic (exact) mass is 384 g/mol. The molecule has 0 bridgehead atoms. The molecule has 1 saturated heterocycles. The first kappa shape index (κ1) is 20.7. The van der Waals surface area contributed by atoms with Gasteiger partial charge in [-0.15, -0.1) is 0 Å². The summed E-state index contributed by atoms with van der Waals surface area (Å²) in [7, 11) is 1.60. The first-order chi connectivity index (χ1) is 13.7. The Morgan fingerprint density at radius 2 is 1.57 bits per heavy atom. The Kier molecular flexibility index (Phi) is 7.74. The summed E-state index contributed by atoms with van der Waals surface area (Å²) in [5.74, 6) is -0.0636. The SMILES string of the molecule is CO[C@H]1O[C@H](COCc2ccccc2)[C@H](OCc2ccccc2)[C@@H]1CC(C)=O. The molecular weight excluding hydrogens is 356 g/mol. The smallest absolute Gasteiger partial charge is 0.163 e.